The Bertz CT molecular complexity index is 457. The van der Waals surface area contributed by atoms with Gasteiger partial charge in [0.15, 0.2) is 5.60 Å². The van der Waals surface area contributed by atoms with E-state index in [1.807, 2.05) is 24.9 Å². The molecule has 2 rings (SSSR count). The van der Waals surface area contributed by atoms with Gasteiger partial charge < -0.3 is 10.5 Å². The Kier molecular flexibility index (Phi) is 3.41. The molecule has 0 unspecified atom stereocenters. The molecule has 1 aromatic heterocycles. The summed E-state index contributed by atoms with van der Waals surface area (Å²) in [4.78, 5) is 13.6. The van der Waals surface area contributed by atoms with Gasteiger partial charge in [0.1, 0.15) is 0 Å². The number of rotatable bonds is 3. The molecule has 100 valence electrons. The zero-order valence-electron chi connectivity index (χ0n) is 11.1. The van der Waals surface area contributed by atoms with Crippen LogP contribution in [0.4, 0.5) is 0 Å². The van der Waals surface area contributed by atoms with Crippen molar-refractivity contribution in [3.05, 3.63) is 17.5 Å². The van der Waals surface area contributed by atoms with Crippen molar-refractivity contribution < 1.29 is 9.53 Å². The zero-order chi connectivity index (χ0) is 13.3. The van der Waals surface area contributed by atoms with Crippen LogP contribution < -0.4 is 5.73 Å². The first kappa shape index (κ1) is 13.0. The first-order chi connectivity index (χ1) is 8.42. The lowest BCUT2D eigenvalue weighted by atomic mass is 10.0. The fourth-order valence-electron chi connectivity index (χ4n) is 2.18. The number of carbonyl (C=O) groups excluding carboxylic acids is 1. The van der Waals surface area contributed by atoms with Gasteiger partial charge in [0.2, 0.25) is 0 Å². The van der Waals surface area contributed by atoms with E-state index in [4.69, 9.17) is 10.5 Å². The number of morpholine rings is 1. The van der Waals surface area contributed by atoms with Gasteiger partial charge >= 0.3 is 0 Å². The monoisotopic (exact) mass is 252 g/mol. The van der Waals surface area contributed by atoms with Crippen LogP contribution in [-0.4, -0.2) is 45.9 Å². The first-order valence-corrected chi connectivity index (χ1v) is 6.06. The molecular weight excluding hydrogens is 232 g/mol. The molecule has 1 amide bonds. The fourth-order valence-corrected chi connectivity index (χ4v) is 2.18. The Labute approximate surface area is 107 Å². The average molecular weight is 252 g/mol. The number of hydrogen-bond donors (Lipinski definition) is 1. The Morgan fingerprint density at radius 2 is 2.39 bits per heavy atom. The van der Waals surface area contributed by atoms with Gasteiger partial charge in [-0.05, 0) is 13.8 Å². The van der Waals surface area contributed by atoms with Gasteiger partial charge in [0.05, 0.1) is 12.8 Å². The highest BCUT2D eigenvalue weighted by Gasteiger charge is 2.37. The lowest BCUT2D eigenvalue weighted by Gasteiger charge is -2.38. The molecule has 0 aliphatic carbocycles. The lowest BCUT2D eigenvalue weighted by molar-refractivity contribution is -0.153. The van der Waals surface area contributed by atoms with Crippen molar-refractivity contribution in [1.29, 1.82) is 0 Å². The maximum Gasteiger partial charge on any atom is 0.250 e. The number of amides is 1. The summed E-state index contributed by atoms with van der Waals surface area (Å²) in [6, 6.07) is 0. The molecule has 0 spiro atoms. The summed E-state index contributed by atoms with van der Waals surface area (Å²) < 4.78 is 7.34. The van der Waals surface area contributed by atoms with Gasteiger partial charge in [0.25, 0.3) is 5.91 Å². The maximum atomic E-state index is 11.4. The SMILES string of the molecule is Cc1c(CN2CCO[C@@](C)(C(N)=O)C2)cnn1C. The molecule has 1 aliphatic rings. The van der Waals surface area contributed by atoms with Gasteiger partial charge in [-0.1, -0.05) is 0 Å². The highest BCUT2D eigenvalue weighted by atomic mass is 16.5. The Morgan fingerprint density at radius 1 is 1.67 bits per heavy atom. The van der Waals surface area contributed by atoms with Crippen molar-refractivity contribution in [3.63, 3.8) is 0 Å². The normalized spacial score (nSPS) is 25.3. The molecule has 18 heavy (non-hydrogen) atoms. The van der Waals surface area contributed by atoms with Gasteiger partial charge in [-0.15, -0.1) is 0 Å². The largest absolute Gasteiger partial charge is 0.367 e. The molecule has 0 radical (unpaired) electrons. The Hall–Kier alpha value is -1.40. The van der Waals surface area contributed by atoms with Gasteiger partial charge in [-0.3, -0.25) is 14.4 Å². The van der Waals surface area contributed by atoms with Gasteiger partial charge in [-0.2, -0.15) is 5.10 Å². The quantitative estimate of drug-likeness (QED) is 0.809. The van der Waals surface area contributed by atoms with Gasteiger partial charge in [0, 0.05) is 37.9 Å². The number of nitrogens with zero attached hydrogens (tertiary/aromatic N) is 3. The minimum atomic E-state index is -0.881. The summed E-state index contributed by atoms with van der Waals surface area (Å²) in [6.45, 7) is 6.41. The smallest absolute Gasteiger partial charge is 0.250 e. The van der Waals surface area contributed by atoms with E-state index in [0.717, 1.165) is 18.8 Å². The summed E-state index contributed by atoms with van der Waals surface area (Å²) in [7, 11) is 1.92. The second-order valence-corrected chi connectivity index (χ2v) is 5.03. The van der Waals surface area contributed by atoms with Crippen LogP contribution in [0.5, 0.6) is 0 Å². The van der Waals surface area contributed by atoms with Crippen LogP contribution in [-0.2, 0) is 23.1 Å². The minimum Gasteiger partial charge on any atom is -0.367 e. The highest BCUT2D eigenvalue weighted by Crippen LogP contribution is 2.19. The average Bonchev–Trinajstić information content (AvgIpc) is 2.61. The van der Waals surface area contributed by atoms with Crippen molar-refractivity contribution in [3.8, 4) is 0 Å². The van der Waals surface area contributed by atoms with E-state index < -0.39 is 11.5 Å². The maximum absolute atomic E-state index is 11.4. The second-order valence-electron chi connectivity index (χ2n) is 5.03. The summed E-state index contributed by atoms with van der Waals surface area (Å²) >= 11 is 0. The molecule has 1 fully saturated rings. The lowest BCUT2D eigenvalue weighted by Crippen LogP contribution is -2.56. The third-order valence-corrected chi connectivity index (χ3v) is 3.61. The van der Waals surface area contributed by atoms with Crippen LogP contribution in [0.3, 0.4) is 0 Å². The van der Waals surface area contributed by atoms with Crippen LogP contribution in [0.1, 0.15) is 18.2 Å². The summed E-state index contributed by atoms with van der Waals surface area (Å²) in [5.74, 6) is -0.407. The number of aromatic nitrogens is 2. The molecular formula is C12H20N4O2. The zero-order valence-corrected chi connectivity index (χ0v) is 11.1. The third kappa shape index (κ3) is 2.39. The number of aryl methyl sites for hydroxylation is 1. The van der Waals surface area contributed by atoms with Crippen molar-refractivity contribution in [2.75, 3.05) is 19.7 Å². The molecule has 1 atom stereocenters. The van der Waals surface area contributed by atoms with Crippen molar-refractivity contribution in [2.45, 2.75) is 26.0 Å². The van der Waals surface area contributed by atoms with E-state index in [9.17, 15) is 4.79 Å². The Balaban J connectivity index is 2.06. The standard InChI is InChI=1S/C12H20N4O2/c1-9-10(6-14-15(9)3)7-16-4-5-18-12(2,8-16)11(13)17/h6H,4-5,7-8H2,1-3H3,(H2,13,17)/t12-/m1/s1. The number of ether oxygens (including phenoxy) is 1. The number of primary amides is 1. The van der Waals surface area contributed by atoms with E-state index in [2.05, 4.69) is 10.00 Å². The molecule has 6 nitrogen and oxygen atoms in total. The minimum absolute atomic E-state index is 0.407. The molecule has 1 aromatic rings. The number of nitrogens with two attached hydrogens (primary N) is 1. The first-order valence-electron chi connectivity index (χ1n) is 6.06. The van der Waals surface area contributed by atoms with Crippen LogP contribution in [0.25, 0.3) is 0 Å². The number of hydrogen-bond acceptors (Lipinski definition) is 4. The second kappa shape index (κ2) is 4.70. The summed E-state index contributed by atoms with van der Waals surface area (Å²) in [5.41, 5.74) is 6.82. The molecule has 0 bridgehead atoms. The molecule has 0 saturated carbocycles. The van der Waals surface area contributed by atoms with Crippen molar-refractivity contribution in [1.82, 2.24) is 14.7 Å². The van der Waals surface area contributed by atoms with E-state index in [-0.39, 0.29) is 0 Å². The predicted octanol–water partition coefficient (Wildman–Crippen LogP) is -0.195. The highest BCUT2D eigenvalue weighted by molar-refractivity contribution is 5.83. The van der Waals surface area contributed by atoms with Crippen molar-refractivity contribution >= 4 is 5.91 Å². The van der Waals surface area contributed by atoms with Crippen LogP contribution >= 0.6 is 0 Å². The van der Waals surface area contributed by atoms with E-state index >= 15 is 0 Å². The topological polar surface area (TPSA) is 73.4 Å². The van der Waals surface area contributed by atoms with E-state index in [1.165, 1.54) is 5.56 Å². The number of carbonyl (C=O) groups is 1. The van der Waals surface area contributed by atoms with Crippen molar-refractivity contribution in [2.24, 2.45) is 12.8 Å². The third-order valence-electron chi connectivity index (χ3n) is 3.61. The molecule has 1 saturated heterocycles. The van der Waals surface area contributed by atoms with Gasteiger partial charge in [-0.25, -0.2) is 0 Å². The Morgan fingerprint density at radius 3 is 2.94 bits per heavy atom. The van der Waals surface area contributed by atoms with Crippen LogP contribution in [0.2, 0.25) is 0 Å². The predicted molar refractivity (Wildman–Crippen MR) is 66.8 cm³/mol. The molecule has 1 aliphatic heterocycles. The molecule has 2 N–H and O–H groups in total. The molecule has 2 heterocycles. The van der Waals surface area contributed by atoms with E-state index in [1.54, 1.807) is 6.92 Å². The summed E-state index contributed by atoms with van der Waals surface area (Å²) in [5, 5.41) is 4.22. The van der Waals surface area contributed by atoms with E-state index in [0.29, 0.717) is 13.2 Å². The molecule has 0 aromatic carbocycles. The molecule has 6 heteroatoms. The fraction of sp³-hybridized carbons (Fsp3) is 0.667. The summed E-state index contributed by atoms with van der Waals surface area (Å²) in [6.07, 6.45) is 1.87. The van der Waals surface area contributed by atoms with Crippen LogP contribution in [0, 0.1) is 6.92 Å². The van der Waals surface area contributed by atoms with Crippen LogP contribution in [0.15, 0.2) is 6.20 Å².